The molecule has 0 N–H and O–H groups in total. The van der Waals surface area contributed by atoms with Gasteiger partial charge in [-0.2, -0.15) is 0 Å². The molecule has 1 heteroatoms. The van der Waals surface area contributed by atoms with Gasteiger partial charge in [-0.25, -0.2) is 0 Å². The van der Waals surface area contributed by atoms with Crippen LogP contribution in [0.3, 0.4) is 0 Å². The molecule has 0 saturated heterocycles. The first-order valence-corrected chi connectivity index (χ1v) is 5.51. The van der Waals surface area contributed by atoms with Crippen molar-refractivity contribution in [2.45, 2.75) is 46.9 Å². The van der Waals surface area contributed by atoms with Crippen LogP contribution in [-0.4, -0.2) is 0 Å². The minimum absolute atomic E-state index is 0.459. The third-order valence-electron chi connectivity index (χ3n) is 2.31. The highest BCUT2D eigenvalue weighted by molar-refractivity contribution is 7.12. The summed E-state index contributed by atoms with van der Waals surface area (Å²) >= 11 is 1.85. The molecule has 0 fully saturated rings. The number of hydrogen-bond donors (Lipinski definition) is 0. The number of hydrogen-bond acceptors (Lipinski definition) is 1. The lowest BCUT2D eigenvalue weighted by Crippen LogP contribution is -1.90. The summed E-state index contributed by atoms with van der Waals surface area (Å²) in [5, 5.41) is 0. The summed E-state index contributed by atoms with van der Waals surface area (Å²) in [4.78, 5) is 2.79. The minimum atomic E-state index is 0.459. The Balaban J connectivity index is 3.17. The van der Waals surface area contributed by atoms with E-state index < -0.39 is 0 Å². The zero-order valence-corrected chi connectivity index (χ0v) is 9.05. The molecule has 0 nitrogen and oxygen atoms in total. The molecule has 1 aromatic rings. The van der Waals surface area contributed by atoms with E-state index in [1.165, 1.54) is 20.9 Å². The molecule has 0 radical (unpaired) electrons. The highest BCUT2D eigenvalue weighted by atomic mass is 32.1. The third kappa shape index (κ3) is 1.56. The van der Waals surface area contributed by atoms with Crippen LogP contribution >= 0.6 is 11.3 Å². The molecule has 0 bridgehead atoms. The van der Waals surface area contributed by atoms with Crippen LogP contribution in [0, 0.1) is 6.90 Å². The Kier molecular flexibility index (Phi) is 2.83. The fourth-order valence-corrected chi connectivity index (χ4v) is 2.94. The summed E-state index contributed by atoms with van der Waals surface area (Å²) in [5.41, 5.74) is 2.98. The molecule has 0 aliphatic rings. The van der Waals surface area contributed by atoms with Crippen molar-refractivity contribution in [2.75, 3.05) is 0 Å². The monoisotopic (exact) mass is 183 g/mol. The van der Waals surface area contributed by atoms with Crippen molar-refractivity contribution in [1.82, 2.24) is 0 Å². The zero-order valence-electron chi connectivity index (χ0n) is 9.24. The normalized spacial score (nSPS) is 11.8. The minimum Gasteiger partial charge on any atom is -0.145 e. The Labute approximate surface area is 81.0 Å². The van der Waals surface area contributed by atoms with Gasteiger partial charge >= 0.3 is 0 Å². The van der Waals surface area contributed by atoms with Gasteiger partial charge in [0.05, 0.1) is 0 Å². The summed E-state index contributed by atoms with van der Waals surface area (Å²) in [5.74, 6) is 0. The van der Waals surface area contributed by atoms with Crippen LogP contribution in [0.25, 0.3) is 0 Å². The summed E-state index contributed by atoms with van der Waals surface area (Å²) in [7, 11) is 0. The van der Waals surface area contributed by atoms with E-state index in [2.05, 4.69) is 20.8 Å². The first-order chi connectivity index (χ1) is 6.28. The Morgan fingerprint density at radius 2 is 1.75 bits per heavy atom. The predicted molar refractivity (Wildman–Crippen MR) is 57.2 cm³/mol. The lowest BCUT2D eigenvalue weighted by molar-refractivity contribution is 1.01. The van der Waals surface area contributed by atoms with Crippen LogP contribution < -0.4 is 0 Å². The highest BCUT2D eigenvalue weighted by Gasteiger charge is 2.10. The Hall–Kier alpha value is -0.300. The zero-order chi connectivity index (χ0) is 9.84. The second-order valence-corrected chi connectivity index (χ2v) is 4.16. The average molecular weight is 183 g/mol. The van der Waals surface area contributed by atoms with E-state index in [1.807, 2.05) is 11.3 Å². The van der Waals surface area contributed by atoms with E-state index >= 15 is 0 Å². The molecule has 0 amide bonds. The van der Waals surface area contributed by atoms with Crippen LogP contribution in [-0.2, 0) is 19.3 Å². The Morgan fingerprint density at radius 3 is 2.17 bits per heavy atom. The maximum absolute atomic E-state index is 7.46. The first kappa shape index (κ1) is 8.31. The number of aryl methyl sites for hydroxylation is 2. The molecule has 0 saturated carbocycles. The van der Waals surface area contributed by atoms with Gasteiger partial charge in [0.15, 0.2) is 0 Å². The Morgan fingerprint density at radius 1 is 1.08 bits per heavy atom. The van der Waals surface area contributed by atoms with Gasteiger partial charge < -0.3 is 0 Å². The van der Waals surface area contributed by atoms with Crippen molar-refractivity contribution in [2.24, 2.45) is 0 Å². The molecule has 0 aromatic carbocycles. The molecule has 1 heterocycles. The molecular weight excluding hydrogens is 164 g/mol. The maximum Gasteiger partial charge on any atom is 0.0288 e. The van der Waals surface area contributed by atoms with Gasteiger partial charge in [0.2, 0.25) is 0 Å². The largest absolute Gasteiger partial charge is 0.145 e. The maximum atomic E-state index is 7.46. The van der Waals surface area contributed by atoms with Crippen molar-refractivity contribution >= 4 is 11.3 Å². The van der Waals surface area contributed by atoms with E-state index in [-0.39, 0.29) is 0 Å². The van der Waals surface area contributed by atoms with Gasteiger partial charge in [0.1, 0.15) is 0 Å². The summed E-state index contributed by atoms with van der Waals surface area (Å²) in [6.07, 6.45) is 3.34. The lowest BCUT2D eigenvalue weighted by Gasteiger charge is -2.01. The van der Waals surface area contributed by atoms with Crippen LogP contribution in [0.15, 0.2) is 0 Å². The molecular formula is C11H18S. The van der Waals surface area contributed by atoms with E-state index in [9.17, 15) is 0 Å². The van der Waals surface area contributed by atoms with Gasteiger partial charge in [-0.3, -0.25) is 0 Å². The van der Waals surface area contributed by atoms with Gasteiger partial charge in [0.25, 0.3) is 0 Å². The van der Waals surface area contributed by atoms with E-state index in [0.29, 0.717) is 6.90 Å². The number of thiophene rings is 1. The van der Waals surface area contributed by atoms with Gasteiger partial charge in [-0.05, 0) is 37.3 Å². The lowest BCUT2D eigenvalue weighted by atomic mass is 10.0. The molecule has 0 unspecified atom stereocenters. The molecule has 1 rings (SSSR count). The molecule has 0 atom stereocenters. The summed E-state index contributed by atoms with van der Waals surface area (Å²) < 4.78 is 7.46. The van der Waals surface area contributed by atoms with E-state index in [1.54, 1.807) is 0 Å². The standard InChI is InChI=1S/C11H18S/c1-5-9-8(4)12-11(7-3)10(9)6-2/h5-7H2,1-4H3/i4D. The van der Waals surface area contributed by atoms with Crippen LogP contribution in [0.1, 0.15) is 43.0 Å². The van der Waals surface area contributed by atoms with E-state index in [0.717, 1.165) is 19.3 Å². The van der Waals surface area contributed by atoms with Crippen molar-refractivity contribution in [1.29, 1.82) is 0 Å². The van der Waals surface area contributed by atoms with Gasteiger partial charge in [0, 0.05) is 11.1 Å². The smallest absolute Gasteiger partial charge is 0.0288 e. The molecule has 0 spiro atoms. The van der Waals surface area contributed by atoms with Crippen molar-refractivity contribution in [3.63, 3.8) is 0 Å². The van der Waals surface area contributed by atoms with Crippen molar-refractivity contribution in [3.8, 4) is 0 Å². The quantitative estimate of drug-likeness (QED) is 0.669. The third-order valence-corrected chi connectivity index (χ3v) is 3.59. The second kappa shape index (κ2) is 4.08. The fraction of sp³-hybridized carbons (Fsp3) is 0.636. The molecule has 12 heavy (non-hydrogen) atoms. The van der Waals surface area contributed by atoms with Crippen LogP contribution in [0.5, 0.6) is 0 Å². The van der Waals surface area contributed by atoms with Crippen molar-refractivity contribution in [3.05, 3.63) is 20.9 Å². The molecule has 1 aromatic heterocycles. The Bertz CT molecular complexity index is 249. The van der Waals surface area contributed by atoms with Crippen molar-refractivity contribution < 1.29 is 1.37 Å². The second-order valence-electron chi connectivity index (χ2n) is 2.97. The van der Waals surface area contributed by atoms with E-state index in [4.69, 9.17) is 1.37 Å². The van der Waals surface area contributed by atoms with Gasteiger partial charge in [-0.1, -0.05) is 20.8 Å². The highest BCUT2D eigenvalue weighted by Crippen LogP contribution is 2.29. The topological polar surface area (TPSA) is 0 Å². The fourth-order valence-electron chi connectivity index (χ4n) is 1.72. The molecule has 0 aliphatic carbocycles. The molecule has 68 valence electrons. The molecule has 0 aliphatic heterocycles. The van der Waals surface area contributed by atoms with Gasteiger partial charge in [-0.15, -0.1) is 11.3 Å². The van der Waals surface area contributed by atoms with Crippen LogP contribution in [0.2, 0.25) is 0 Å². The SMILES string of the molecule is [2H]Cc1sc(CC)c(CC)c1CC. The van der Waals surface area contributed by atoms with Crippen LogP contribution in [0.4, 0.5) is 0 Å². The summed E-state index contributed by atoms with van der Waals surface area (Å²) in [6, 6.07) is 0. The first-order valence-electron chi connectivity index (χ1n) is 5.40. The average Bonchev–Trinajstić information content (AvgIpc) is 2.54. The predicted octanol–water partition coefficient (Wildman–Crippen LogP) is 3.74. The summed E-state index contributed by atoms with van der Waals surface area (Å²) in [6.45, 7) is 7.08. The number of rotatable bonds is 3.